The van der Waals surface area contributed by atoms with Gasteiger partial charge < -0.3 is 0 Å². The van der Waals surface area contributed by atoms with Crippen molar-refractivity contribution in [3.63, 3.8) is 0 Å². The zero-order chi connectivity index (χ0) is 26.1. The van der Waals surface area contributed by atoms with Crippen molar-refractivity contribution in [2.75, 3.05) is 0 Å². The first-order chi connectivity index (χ1) is 16.9. The molecule has 36 heavy (non-hydrogen) atoms. The van der Waals surface area contributed by atoms with Crippen LogP contribution in [0.5, 0.6) is 0 Å². The number of halogens is 6. The normalized spacial score (nSPS) is 12.1. The van der Waals surface area contributed by atoms with E-state index in [1.54, 1.807) is 48.5 Å². The zero-order valence-corrected chi connectivity index (χ0v) is 20.3. The fourth-order valence-electron chi connectivity index (χ4n) is 3.03. The SMILES string of the molecule is Cc1ccc(-c2cc(C(F)(F)F)nc(SSc3nc(-c4ccc(C)cc4)cc(C(F)(F)F)n3)n2)cc1. The summed E-state index contributed by atoms with van der Waals surface area (Å²) < 4.78 is 80.9. The molecule has 0 saturated carbocycles. The van der Waals surface area contributed by atoms with Crippen molar-refractivity contribution in [2.24, 2.45) is 0 Å². The zero-order valence-electron chi connectivity index (χ0n) is 18.6. The Bertz CT molecular complexity index is 1260. The Morgan fingerprint density at radius 3 is 1.17 bits per heavy atom. The van der Waals surface area contributed by atoms with Gasteiger partial charge in [0.2, 0.25) is 0 Å². The van der Waals surface area contributed by atoms with Crippen LogP contribution >= 0.6 is 21.6 Å². The Morgan fingerprint density at radius 1 is 0.528 bits per heavy atom. The molecule has 0 fully saturated rings. The van der Waals surface area contributed by atoms with E-state index in [4.69, 9.17) is 0 Å². The molecular formula is C24H16F6N4S2. The molecule has 0 aliphatic rings. The largest absolute Gasteiger partial charge is 0.433 e. The summed E-state index contributed by atoms with van der Waals surface area (Å²) in [5.41, 5.74) is 0.453. The highest BCUT2D eigenvalue weighted by Crippen LogP contribution is 2.39. The van der Waals surface area contributed by atoms with Crippen molar-refractivity contribution in [2.45, 2.75) is 36.5 Å². The third-order valence-electron chi connectivity index (χ3n) is 4.88. The minimum atomic E-state index is -4.74. The number of aryl methyl sites for hydroxylation is 2. The van der Waals surface area contributed by atoms with E-state index in [9.17, 15) is 26.3 Å². The van der Waals surface area contributed by atoms with E-state index in [0.717, 1.165) is 23.3 Å². The van der Waals surface area contributed by atoms with Crippen LogP contribution in [0.4, 0.5) is 26.3 Å². The molecule has 2 aromatic carbocycles. The summed E-state index contributed by atoms with van der Waals surface area (Å²) in [6.45, 7) is 3.67. The van der Waals surface area contributed by atoms with Crippen LogP contribution in [0.1, 0.15) is 22.5 Å². The molecule has 0 aliphatic heterocycles. The van der Waals surface area contributed by atoms with Crippen molar-refractivity contribution < 1.29 is 26.3 Å². The average molecular weight is 539 g/mol. The smallest absolute Gasteiger partial charge is 0.222 e. The van der Waals surface area contributed by atoms with Crippen LogP contribution < -0.4 is 0 Å². The monoisotopic (exact) mass is 538 g/mol. The van der Waals surface area contributed by atoms with Gasteiger partial charge in [-0.15, -0.1) is 0 Å². The van der Waals surface area contributed by atoms with Crippen LogP contribution in [0.15, 0.2) is 71.0 Å². The number of aromatic nitrogens is 4. The Balaban J connectivity index is 1.69. The maximum Gasteiger partial charge on any atom is 0.433 e. The Hall–Kier alpha value is -3.12. The second kappa shape index (κ2) is 10.1. The summed E-state index contributed by atoms with van der Waals surface area (Å²) in [4.78, 5) is 15.5. The lowest BCUT2D eigenvalue weighted by atomic mass is 10.1. The van der Waals surface area contributed by atoms with E-state index in [2.05, 4.69) is 19.9 Å². The molecule has 186 valence electrons. The number of alkyl halides is 6. The number of nitrogens with zero attached hydrogens (tertiary/aromatic N) is 4. The summed E-state index contributed by atoms with van der Waals surface area (Å²) in [5, 5.41) is -0.577. The predicted octanol–water partition coefficient (Wildman–Crippen LogP) is 8.05. The van der Waals surface area contributed by atoms with Crippen LogP contribution in [-0.4, -0.2) is 19.9 Å². The Morgan fingerprint density at radius 2 is 0.861 bits per heavy atom. The molecule has 0 N–H and O–H groups in total. The van der Waals surface area contributed by atoms with Gasteiger partial charge in [-0.3, -0.25) is 0 Å². The van der Waals surface area contributed by atoms with E-state index >= 15 is 0 Å². The summed E-state index contributed by atoms with van der Waals surface area (Å²) in [5.74, 6) is 0. The summed E-state index contributed by atoms with van der Waals surface area (Å²) in [6, 6.07) is 15.1. The molecule has 12 heteroatoms. The first-order valence-corrected chi connectivity index (χ1v) is 12.4. The average Bonchev–Trinajstić information content (AvgIpc) is 2.82. The number of hydrogen-bond donors (Lipinski definition) is 0. The molecule has 0 bridgehead atoms. The molecule has 0 saturated heterocycles. The van der Waals surface area contributed by atoms with Gasteiger partial charge in [0.15, 0.2) is 10.3 Å². The Labute approximate surface area is 210 Å². The third kappa shape index (κ3) is 6.35. The van der Waals surface area contributed by atoms with E-state index in [0.29, 0.717) is 32.7 Å². The van der Waals surface area contributed by atoms with Crippen molar-refractivity contribution >= 4 is 21.6 Å². The molecule has 0 aliphatic carbocycles. The van der Waals surface area contributed by atoms with Crippen LogP contribution in [-0.2, 0) is 12.4 Å². The fourth-order valence-corrected chi connectivity index (χ4v) is 4.62. The van der Waals surface area contributed by atoms with Crippen LogP contribution in [0, 0.1) is 13.8 Å². The lowest BCUT2D eigenvalue weighted by Gasteiger charge is -2.12. The minimum absolute atomic E-state index is 0.0331. The van der Waals surface area contributed by atoms with Crippen LogP contribution in [0.3, 0.4) is 0 Å². The maximum absolute atomic E-state index is 13.5. The summed E-state index contributed by atoms with van der Waals surface area (Å²) in [6.07, 6.45) is -9.48. The van der Waals surface area contributed by atoms with Gasteiger partial charge in [0.05, 0.1) is 11.4 Å². The van der Waals surface area contributed by atoms with Crippen molar-refractivity contribution in [1.29, 1.82) is 0 Å². The molecule has 0 amide bonds. The van der Waals surface area contributed by atoms with Gasteiger partial charge in [-0.1, -0.05) is 59.7 Å². The van der Waals surface area contributed by atoms with E-state index in [1.165, 1.54) is 0 Å². The molecular weight excluding hydrogens is 522 g/mol. The predicted molar refractivity (Wildman–Crippen MR) is 126 cm³/mol. The molecule has 4 aromatic rings. The summed E-state index contributed by atoms with van der Waals surface area (Å²) in [7, 11) is 1.29. The molecule has 0 atom stereocenters. The lowest BCUT2D eigenvalue weighted by Crippen LogP contribution is -2.10. The van der Waals surface area contributed by atoms with Gasteiger partial charge in [-0.25, -0.2) is 19.9 Å². The number of benzene rings is 2. The lowest BCUT2D eigenvalue weighted by molar-refractivity contribution is -0.142. The van der Waals surface area contributed by atoms with Gasteiger partial charge in [-0.05, 0) is 47.6 Å². The molecule has 2 aromatic heterocycles. The molecule has 4 nitrogen and oxygen atoms in total. The van der Waals surface area contributed by atoms with Gasteiger partial charge in [0.1, 0.15) is 11.4 Å². The van der Waals surface area contributed by atoms with E-state index in [1.807, 2.05) is 13.8 Å². The molecule has 0 spiro atoms. The second-order valence-electron chi connectivity index (χ2n) is 7.74. The first-order valence-electron chi connectivity index (χ1n) is 10.3. The van der Waals surface area contributed by atoms with Crippen molar-refractivity contribution in [3.05, 3.63) is 83.2 Å². The topological polar surface area (TPSA) is 51.6 Å². The van der Waals surface area contributed by atoms with Gasteiger partial charge >= 0.3 is 12.4 Å². The van der Waals surface area contributed by atoms with Gasteiger partial charge in [-0.2, -0.15) is 26.3 Å². The molecule has 0 unspecified atom stereocenters. The van der Waals surface area contributed by atoms with E-state index in [-0.39, 0.29) is 21.7 Å². The minimum Gasteiger partial charge on any atom is -0.222 e. The quantitative estimate of drug-likeness (QED) is 0.146. The highest BCUT2D eigenvalue weighted by molar-refractivity contribution is 8.76. The van der Waals surface area contributed by atoms with Crippen molar-refractivity contribution in [3.8, 4) is 22.5 Å². The van der Waals surface area contributed by atoms with Gasteiger partial charge in [0, 0.05) is 11.1 Å². The van der Waals surface area contributed by atoms with Crippen LogP contribution in [0.25, 0.3) is 22.5 Å². The molecule has 4 rings (SSSR count). The van der Waals surface area contributed by atoms with E-state index < -0.39 is 23.7 Å². The standard InChI is InChI=1S/C24H16F6N4S2/c1-13-3-7-15(8-4-13)17-11-19(23(25,26)27)33-21(31-17)35-36-22-32-18(12-20(34-22)24(28,29)30)16-9-5-14(2)6-10-16/h3-12H,1-2H3. The molecule has 0 radical (unpaired) electrons. The third-order valence-corrected chi connectivity index (χ3v) is 6.77. The molecule has 2 heterocycles. The number of hydrogen-bond acceptors (Lipinski definition) is 6. The first kappa shape index (κ1) is 26.0. The highest BCUT2D eigenvalue weighted by Gasteiger charge is 2.35. The highest BCUT2D eigenvalue weighted by atomic mass is 33.1. The van der Waals surface area contributed by atoms with Crippen LogP contribution in [0.2, 0.25) is 0 Å². The number of rotatable bonds is 5. The fraction of sp³-hybridized carbons (Fsp3) is 0.167. The summed E-state index contributed by atoms with van der Waals surface area (Å²) >= 11 is 0. The van der Waals surface area contributed by atoms with Crippen molar-refractivity contribution in [1.82, 2.24) is 19.9 Å². The maximum atomic E-state index is 13.5. The Kier molecular flexibility index (Phi) is 7.28. The second-order valence-corrected chi connectivity index (χ2v) is 9.80. The van der Waals surface area contributed by atoms with Gasteiger partial charge in [0.25, 0.3) is 0 Å².